The van der Waals surface area contributed by atoms with Gasteiger partial charge in [-0.15, -0.1) is 0 Å². The van der Waals surface area contributed by atoms with E-state index in [4.69, 9.17) is 0 Å². The van der Waals surface area contributed by atoms with Crippen molar-refractivity contribution in [3.05, 3.63) is 65.5 Å². The smallest absolute Gasteiger partial charge is 0.243 e. The molecule has 0 aliphatic carbocycles. The molecule has 0 aliphatic heterocycles. The average Bonchev–Trinajstić information content (AvgIpc) is 2.81. The Morgan fingerprint density at radius 3 is 1.89 bits per heavy atom. The fourth-order valence-electron chi connectivity index (χ4n) is 4.09. The molecule has 1 aromatic heterocycles. The largest absolute Gasteiger partial charge is 0.350 e. The number of amides is 2. The van der Waals surface area contributed by atoms with Gasteiger partial charge in [0.1, 0.15) is 6.04 Å². The van der Waals surface area contributed by atoms with Crippen LogP contribution in [0.5, 0.6) is 0 Å². The number of rotatable bonds is 13. The number of pyridine rings is 1. The Morgan fingerprint density at radius 1 is 0.789 bits per heavy atom. The summed E-state index contributed by atoms with van der Waals surface area (Å²) in [6.45, 7) is 17.7. The molecule has 2 amide bonds. The van der Waals surface area contributed by atoms with Crippen molar-refractivity contribution in [1.29, 1.82) is 0 Å². The van der Waals surface area contributed by atoms with Crippen molar-refractivity contribution in [3.63, 3.8) is 0 Å². The molecule has 0 aliphatic rings. The highest BCUT2D eigenvalue weighted by Crippen LogP contribution is 2.21. The highest BCUT2D eigenvalue weighted by molar-refractivity contribution is 5.90. The number of carbonyl (C=O) groups is 2. The molecule has 2 unspecified atom stereocenters. The lowest BCUT2D eigenvalue weighted by atomic mass is 9.88. The molecule has 0 saturated carbocycles. The van der Waals surface area contributed by atoms with Gasteiger partial charge < -0.3 is 16.0 Å². The van der Waals surface area contributed by atoms with Gasteiger partial charge in [-0.2, -0.15) is 0 Å². The van der Waals surface area contributed by atoms with E-state index in [1.807, 2.05) is 32.9 Å². The fraction of sp³-hybridized carbons (Fsp3) is 0.594. The Labute approximate surface area is 230 Å². The average molecular weight is 523 g/mol. The predicted molar refractivity (Wildman–Crippen MR) is 157 cm³/mol. The second-order valence-corrected chi connectivity index (χ2v) is 13.1. The van der Waals surface area contributed by atoms with Crippen LogP contribution in [0.25, 0.3) is 0 Å². The minimum absolute atomic E-state index is 0.165. The van der Waals surface area contributed by atoms with E-state index in [-0.39, 0.29) is 17.2 Å². The molecule has 0 bridgehead atoms. The second-order valence-electron chi connectivity index (χ2n) is 13.1. The Morgan fingerprint density at radius 2 is 1.34 bits per heavy atom. The van der Waals surface area contributed by atoms with Crippen LogP contribution in [0.3, 0.4) is 0 Å². The van der Waals surface area contributed by atoms with Gasteiger partial charge in [0.2, 0.25) is 11.8 Å². The number of nitrogens with zero attached hydrogens (tertiary/aromatic N) is 1. The highest BCUT2D eigenvalue weighted by Gasteiger charge is 2.28. The Kier molecular flexibility index (Phi) is 12.0. The Hall–Kier alpha value is -2.73. The summed E-state index contributed by atoms with van der Waals surface area (Å²) in [5.74, 6) is 0.192. The molecular formula is C32H50N4O2. The van der Waals surface area contributed by atoms with Gasteiger partial charge in [-0.05, 0) is 93.2 Å². The van der Waals surface area contributed by atoms with Gasteiger partial charge in [-0.25, -0.2) is 0 Å². The molecule has 0 radical (unpaired) electrons. The molecule has 6 heteroatoms. The molecule has 2 rings (SSSR count). The molecule has 3 N–H and O–H groups in total. The molecular weight excluding hydrogens is 472 g/mol. The van der Waals surface area contributed by atoms with E-state index in [2.05, 4.69) is 79.8 Å². The number of benzene rings is 1. The van der Waals surface area contributed by atoms with Crippen LogP contribution in [0.2, 0.25) is 0 Å². The third kappa shape index (κ3) is 12.7. The lowest BCUT2D eigenvalue weighted by Crippen LogP contribution is -2.56. The first-order chi connectivity index (χ1) is 17.7. The normalized spacial score (nSPS) is 13.7. The number of aromatic nitrogens is 1. The molecule has 2 aromatic rings. The van der Waals surface area contributed by atoms with E-state index in [9.17, 15) is 9.59 Å². The van der Waals surface area contributed by atoms with Crippen molar-refractivity contribution in [3.8, 4) is 0 Å². The monoisotopic (exact) mass is 522 g/mol. The maximum atomic E-state index is 13.6. The number of hydrogen-bond donors (Lipinski definition) is 3. The molecule has 0 saturated heterocycles. The zero-order chi connectivity index (χ0) is 28.3. The van der Waals surface area contributed by atoms with Gasteiger partial charge >= 0.3 is 0 Å². The molecule has 6 nitrogen and oxygen atoms in total. The number of hydrogen-bond acceptors (Lipinski definition) is 4. The van der Waals surface area contributed by atoms with Crippen molar-refractivity contribution in [2.75, 3.05) is 6.54 Å². The van der Waals surface area contributed by atoms with E-state index in [0.29, 0.717) is 18.8 Å². The summed E-state index contributed by atoms with van der Waals surface area (Å²) in [4.78, 5) is 31.0. The summed E-state index contributed by atoms with van der Waals surface area (Å²) in [5, 5.41) is 9.56. The Bertz CT molecular complexity index is 989. The van der Waals surface area contributed by atoms with Crippen LogP contribution in [-0.4, -0.2) is 41.0 Å². The first kappa shape index (κ1) is 31.5. The van der Waals surface area contributed by atoms with E-state index < -0.39 is 17.6 Å². The van der Waals surface area contributed by atoms with Crippen LogP contribution in [0, 0.1) is 11.3 Å². The molecule has 38 heavy (non-hydrogen) atoms. The van der Waals surface area contributed by atoms with Crippen molar-refractivity contribution < 1.29 is 9.59 Å². The first-order valence-corrected chi connectivity index (χ1v) is 14.0. The second kappa shape index (κ2) is 14.4. The minimum Gasteiger partial charge on any atom is -0.350 e. The maximum absolute atomic E-state index is 13.6. The lowest BCUT2D eigenvalue weighted by molar-refractivity contribution is -0.130. The van der Waals surface area contributed by atoms with Gasteiger partial charge in [0.05, 0.1) is 6.04 Å². The predicted octanol–water partition coefficient (Wildman–Crippen LogP) is 5.25. The van der Waals surface area contributed by atoms with Crippen LogP contribution >= 0.6 is 0 Å². The molecule has 2 atom stereocenters. The summed E-state index contributed by atoms with van der Waals surface area (Å²) in [7, 11) is 0. The van der Waals surface area contributed by atoms with Crippen LogP contribution in [0.4, 0.5) is 0 Å². The molecule has 1 heterocycles. The lowest BCUT2D eigenvalue weighted by Gasteiger charge is -2.27. The van der Waals surface area contributed by atoms with Crippen LogP contribution in [0.15, 0.2) is 48.8 Å². The quantitative estimate of drug-likeness (QED) is 0.336. The maximum Gasteiger partial charge on any atom is 0.243 e. The van der Waals surface area contributed by atoms with Crippen LogP contribution in [0.1, 0.15) is 84.9 Å². The van der Waals surface area contributed by atoms with Gasteiger partial charge in [0, 0.05) is 24.4 Å². The summed E-state index contributed by atoms with van der Waals surface area (Å²) in [6, 6.07) is 11.2. The molecule has 0 spiro atoms. The van der Waals surface area contributed by atoms with Gasteiger partial charge in [-0.1, -0.05) is 58.9 Å². The standard InChI is InChI=1S/C32H50N4O2/c1-23(2)14-20-34-27(21-26-15-18-33-19-16-26)29(37)35-28(30(38)36-32(6,7)8)22-25-11-9-24(10-12-25)13-17-31(3,4)5/h9-12,15-16,18-19,23,27-28,34H,13-14,17,20-22H2,1-8H3,(H,35,37)(H,36,38). The fourth-order valence-corrected chi connectivity index (χ4v) is 4.09. The number of aryl methyl sites for hydroxylation is 1. The topological polar surface area (TPSA) is 83.1 Å². The van der Waals surface area contributed by atoms with Crippen molar-refractivity contribution in [2.45, 2.75) is 105 Å². The van der Waals surface area contributed by atoms with E-state index in [1.54, 1.807) is 12.4 Å². The minimum atomic E-state index is -0.672. The van der Waals surface area contributed by atoms with Crippen LogP contribution < -0.4 is 16.0 Å². The van der Waals surface area contributed by atoms with Gasteiger partial charge in [-0.3, -0.25) is 14.6 Å². The number of carbonyl (C=O) groups excluding carboxylic acids is 2. The summed E-state index contributed by atoms with van der Waals surface area (Å²) in [6.07, 6.45) is 7.54. The number of nitrogens with one attached hydrogen (secondary N) is 3. The zero-order valence-corrected chi connectivity index (χ0v) is 24.9. The summed E-state index contributed by atoms with van der Waals surface area (Å²) in [5.41, 5.74) is 3.23. The summed E-state index contributed by atoms with van der Waals surface area (Å²) >= 11 is 0. The van der Waals surface area contributed by atoms with E-state index >= 15 is 0 Å². The van der Waals surface area contributed by atoms with Crippen molar-refractivity contribution in [1.82, 2.24) is 20.9 Å². The molecule has 1 aromatic carbocycles. The molecule has 0 fully saturated rings. The molecule has 210 valence electrons. The third-order valence-corrected chi connectivity index (χ3v) is 6.38. The van der Waals surface area contributed by atoms with Crippen molar-refractivity contribution in [2.24, 2.45) is 11.3 Å². The van der Waals surface area contributed by atoms with Gasteiger partial charge in [0.15, 0.2) is 0 Å². The summed E-state index contributed by atoms with van der Waals surface area (Å²) < 4.78 is 0. The Balaban J connectivity index is 2.18. The first-order valence-electron chi connectivity index (χ1n) is 14.0. The van der Waals surface area contributed by atoms with Gasteiger partial charge in [0.25, 0.3) is 0 Å². The SMILES string of the molecule is CC(C)CCNC(Cc1ccncc1)C(=O)NC(Cc1ccc(CCC(C)(C)C)cc1)C(=O)NC(C)(C)C. The van der Waals surface area contributed by atoms with E-state index in [0.717, 1.165) is 36.9 Å². The zero-order valence-electron chi connectivity index (χ0n) is 24.9. The van der Waals surface area contributed by atoms with Crippen molar-refractivity contribution >= 4 is 11.8 Å². The van der Waals surface area contributed by atoms with Crippen LogP contribution in [-0.2, 0) is 28.9 Å². The highest BCUT2D eigenvalue weighted by atomic mass is 16.2. The van der Waals surface area contributed by atoms with E-state index in [1.165, 1.54) is 5.56 Å². The third-order valence-electron chi connectivity index (χ3n) is 6.38.